The third kappa shape index (κ3) is 33.9. The summed E-state index contributed by atoms with van der Waals surface area (Å²) in [6.45, 7) is 8.75. The van der Waals surface area contributed by atoms with Gasteiger partial charge in [-0.15, -0.1) is 0 Å². The Bertz CT molecular complexity index is 700. The van der Waals surface area contributed by atoms with E-state index in [1.54, 1.807) is 0 Å². The van der Waals surface area contributed by atoms with Crippen molar-refractivity contribution in [2.24, 2.45) is 0 Å². The van der Waals surface area contributed by atoms with Gasteiger partial charge in [-0.2, -0.15) is 0 Å². The molecule has 2 unspecified atom stereocenters. The van der Waals surface area contributed by atoms with E-state index in [1.165, 1.54) is 89.9 Å². The predicted molar refractivity (Wildman–Crippen MR) is 219 cm³/mol. The molecule has 0 saturated heterocycles. The number of hydrogen-bond acceptors (Lipinski definition) is 6. The number of hydrogen-bond donors (Lipinski definition) is 2. The van der Waals surface area contributed by atoms with Crippen LogP contribution in [0.5, 0.6) is 0 Å². The summed E-state index contributed by atoms with van der Waals surface area (Å²) < 4.78 is 14.1. The molecule has 0 aliphatic heterocycles. The van der Waals surface area contributed by atoms with Gasteiger partial charge >= 0.3 is 224 Å². The molecule has 6 nitrogen and oxygen atoms in total. The van der Waals surface area contributed by atoms with Crippen LogP contribution in [0.2, 0.25) is 8.87 Å². The van der Waals surface area contributed by atoms with E-state index in [2.05, 4.69) is 27.7 Å². The van der Waals surface area contributed by atoms with Gasteiger partial charge in [-0.05, 0) is 12.8 Å². The van der Waals surface area contributed by atoms with Gasteiger partial charge in [0.2, 0.25) is 0 Å². The zero-order chi connectivity index (χ0) is 37.7. The van der Waals surface area contributed by atoms with E-state index < -0.39 is 19.2 Å². The second-order valence-electron chi connectivity index (χ2n) is 15.8. The second-order valence-corrected chi connectivity index (χ2v) is 25.0. The first kappa shape index (κ1) is 50.7. The first-order valence-corrected chi connectivity index (χ1v) is 29.0. The van der Waals surface area contributed by atoms with Crippen LogP contribution >= 0.6 is 0 Å². The maximum atomic E-state index is 13.1. The molecule has 0 spiro atoms. The molecular formula is C44H88O6Sn. The third-order valence-corrected chi connectivity index (χ3v) is 20.3. The zero-order valence-electron chi connectivity index (χ0n) is 34.6. The molecule has 2 N–H and O–H groups in total. The Morgan fingerprint density at radius 3 is 0.941 bits per heavy atom. The Morgan fingerprint density at radius 2 is 0.647 bits per heavy atom. The van der Waals surface area contributed by atoms with Gasteiger partial charge in [0.15, 0.2) is 0 Å². The third-order valence-electron chi connectivity index (χ3n) is 10.5. The molecule has 0 aliphatic rings. The molecule has 0 rings (SSSR count). The molecule has 0 heterocycles. The number of unbranched alkanes of at least 4 members (excludes halogenated alkanes) is 22. The fourth-order valence-electron chi connectivity index (χ4n) is 7.08. The van der Waals surface area contributed by atoms with Gasteiger partial charge in [-0.1, -0.05) is 65.2 Å². The quantitative estimate of drug-likeness (QED) is 0.0472. The Kier molecular flexibility index (Phi) is 37.7. The fourth-order valence-corrected chi connectivity index (χ4v) is 17.1. The van der Waals surface area contributed by atoms with Crippen LogP contribution in [0.1, 0.15) is 246 Å². The van der Waals surface area contributed by atoms with Gasteiger partial charge in [-0.3, -0.25) is 0 Å². The summed E-state index contributed by atoms with van der Waals surface area (Å²) in [5.41, 5.74) is 0. The topological polar surface area (TPSA) is 93.1 Å². The van der Waals surface area contributed by atoms with Crippen LogP contribution in [0.15, 0.2) is 0 Å². The van der Waals surface area contributed by atoms with Crippen LogP contribution < -0.4 is 0 Å². The van der Waals surface area contributed by atoms with Crippen LogP contribution in [0.4, 0.5) is 0 Å². The normalized spacial score (nSPS) is 13.0. The van der Waals surface area contributed by atoms with Gasteiger partial charge in [0.1, 0.15) is 0 Å². The van der Waals surface area contributed by atoms with Crippen molar-refractivity contribution in [3.05, 3.63) is 0 Å². The number of carbonyl (C=O) groups excluding carboxylic acids is 2. The van der Waals surface area contributed by atoms with Crippen molar-refractivity contribution >= 4 is 31.1 Å². The van der Waals surface area contributed by atoms with E-state index in [-0.39, 0.29) is 24.1 Å². The van der Waals surface area contributed by atoms with Gasteiger partial charge in [0.25, 0.3) is 0 Å². The zero-order valence-corrected chi connectivity index (χ0v) is 37.5. The number of aliphatic hydroxyl groups is 2. The minimum Gasteiger partial charge on any atom is -0.393 e. The molecular weight excluding hydrogens is 743 g/mol. The summed E-state index contributed by atoms with van der Waals surface area (Å²) in [6, 6.07) is 0. The molecule has 0 aliphatic carbocycles. The van der Waals surface area contributed by atoms with Gasteiger partial charge in [0, 0.05) is 0 Å². The monoisotopic (exact) mass is 833 g/mol. The van der Waals surface area contributed by atoms with Crippen molar-refractivity contribution in [2.45, 2.75) is 267 Å². The summed E-state index contributed by atoms with van der Waals surface area (Å²) >= 11 is -3.85. The predicted octanol–water partition coefficient (Wildman–Crippen LogP) is 13.6. The summed E-state index contributed by atoms with van der Waals surface area (Å²) in [7, 11) is 0. The summed E-state index contributed by atoms with van der Waals surface area (Å²) in [5, 5.41) is 20.3. The number of rotatable bonds is 40. The second kappa shape index (κ2) is 38.0. The van der Waals surface area contributed by atoms with E-state index in [4.69, 9.17) is 6.15 Å². The molecule has 0 radical (unpaired) electrons. The molecule has 7 heteroatoms. The van der Waals surface area contributed by atoms with E-state index >= 15 is 0 Å². The van der Waals surface area contributed by atoms with Crippen molar-refractivity contribution in [2.75, 3.05) is 0 Å². The average Bonchev–Trinajstić information content (AvgIpc) is 3.11. The van der Waals surface area contributed by atoms with Gasteiger partial charge < -0.3 is 10.2 Å². The number of aliphatic hydroxyl groups excluding tert-OH is 2. The fraction of sp³-hybridized carbons (Fsp3) is 0.955. The standard InChI is InChI=1S/2C18H36O3.2C4H9.Sn/c2*1-2-3-4-11-14-17(19)15-12-9-7-5-6-8-10-13-16-18(20)21;2*1-3-4-2;/h2*17,19H,2-16H2,1H3,(H,20,21);2*1,3-4H2,2H3;/q;;;;+2/p-2. The van der Waals surface area contributed by atoms with Crippen LogP contribution in [0.25, 0.3) is 0 Å². The smallest absolute Gasteiger partial charge is 0.393 e. The molecule has 51 heavy (non-hydrogen) atoms. The van der Waals surface area contributed by atoms with E-state index in [1.807, 2.05) is 0 Å². The maximum absolute atomic E-state index is 13.1. The average molecular weight is 832 g/mol. The molecule has 0 fully saturated rings. The Hall–Kier alpha value is -0.341. The van der Waals surface area contributed by atoms with Crippen molar-refractivity contribution < 1.29 is 26.0 Å². The Balaban J connectivity index is 4.25. The van der Waals surface area contributed by atoms with Crippen molar-refractivity contribution in [1.82, 2.24) is 0 Å². The molecule has 0 aromatic rings. The molecule has 0 saturated carbocycles. The minimum absolute atomic E-state index is 0.116. The molecule has 0 bridgehead atoms. The van der Waals surface area contributed by atoms with Gasteiger partial charge in [-0.25, -0.2) is 0 Å². The van der Waals surface area contributed by atoms with Crippen LogP contribution in [0, 0.1) is 0 Å². The van der Waals surface area contributed by atoms with E-state index in [9.17, 15) is 19.8 Å². The van der Waals surface area contributed by atoms with Gasteiger partial charge in [0.05, 0.1) is 12.2 Å². The molecule has 2 atom stereocenters. The minimum atomic E-state index is -3.85. The SMILES string of the molecule is CCCCCCC(O)CCCCCCCCCCC(=O)[O][Sn]([CH2]CCC)([CH2]CCC)[O]C(=O)CCCCCCCCCCC(O)CCCCCC. The van der Waals surface area contributed by atoms with Crippen molar-refractivity contribution in [1.29, 1.82) is 0 Å². The summed E-state index contributed by atoms with van der Waals surface area (Å²) in [4.78, 5) is 26.1. The number of carbonyl (C=O) groups is 2. The van der Waals surface area contributed by atoms with Crippen molar-refractivity contribution in [3.63, 3.8) is 0 Å². The van der Waals surface area contributed by atoms with E-state index in [0.717, 1.165) is 124 Å². The Labute approximate surface area is 322 Å². The first-order chi connectivity index (χ1) is 24.8. The molecule has 0 aromatic heterocycles. The molecule has 0 amide bonds. The summed E-state index contributed by atoms with van der Waals surface area (Å²) in [5.74, 6) is -0.277. The van der Waals surface area contributed by atoms with Crippen LogP contribution in [-0.2, 0) is 15.7 Å². The van der Waals surface area contributed by atoms with Crippen LogP contribution in [0.3, 0.4) is 0 Å². The Morgan fingerprint density at radius 1 is 0.392 bits per heavy atom. The van der Waals surface area contributed by atoms with E-state index in [0.29, 0.717) is 12.8 Å². The molecule has 0 aromatic carbocycles. The summed E-state index contributed by atoms with van der Waals surface area (Å²) in [6.07, 6.45) is 36.3. The van der Waals surface area contributed by atoms with Crippen molar-refractivity contribution in [3.8, 4) is 0 Å². The molecule has 304 valence electrons. The van der Waals surface area contributed by atoms with Crippen LogP contribution in [-0.4, -0.2) is 53.6 Å². The first-order valence-electron chi connectivity index (χ1n) is 22.6.